The third kappa shape index (κ3) is 2.98. The van der Waals surface area contributed by atoms with E-state index in [1.807, 2.05) is 0 Å². The summed E-state index contributed by atoms with van der Waals surface area (Å²) in [6.45, 7) is 0. The van der Waals surface area contributed by atoms with E-state index in [-0.39, 0.29) is 5.56 Å². The lowest BCUT2D eigenvalue weighted by Gasteiger charge is -2.33. The molecule has 1 aromatic carbocycles. The van der Waals surface area contributed by atoms with Crippen LogP contribution < -0.4 is 0 Å². The SMILES string of the molecule is CN([C@](F)(C(=O)O)C(F)c1ccccc1)P(=O)(O)O. The molecule has 0 aromatic heterocycles. The Morgan fingerprint density at radius 2 is 1.84 bits per heavy atom. The summed E-state index contributed by atoms with van der Waals surface area (Å²) >= 11 is 0. The lowest BCUT2D eigenvalue weighted by molar-refractivity contribution is -0.169. The van der Waals surface area contributed by atoms with Crippen LogP contribution in [0, 0.1) is 0 Å². The van der Waals surface area contributed by atoms with Gasteiger partial charge in [0, 0.05) is 7.05 Å². The highest BCUT2D eigenvalue weighted by molar-refractivity contribution is 7.49. The Morgan fingerprint density at radius 3 is 2.21 bits per heavy atom. The van der Waals surface area contributed by atoms with Crippen molar-refractivity contribution in [2.75, 3.05) is 7.05 Å². The molecular weight excluding hydrogens is 283 g/mol. The van der Waals surface area contributed by atoms with Crippen molar-refractivity contribution in [3.8, 4) is 0 Å². The summed E-state index contributed by atoms with van der Waals surface area (Å²) in [6.07, 6.45) is -2.76. The minimum atomic E-state index is -5.27. The van der Waals surface area contributed by atoms with Gasteiger partial charge in [0.1, 0.15) is 0 Å². The second-order valence-corrected chi connectivity index (χ2v) is 5.42. The number of nitrogens with zero attached hydrogens (tertiary/aromatic N) is 1. The normalized spacial score (nSPS) is 16.9. The number of benzene rings is 1. The number of carboxylic acids is 1. The molecule has 1 rings (SSSR count). The summed E-state index contributed by atoms with van der Waals surface area (Å²) in [5.74, 6) is -6.20. The molecule has 0 saturated heterocycles. The van der Waals surface area contributed by atoms with E-state index in [0.29, 0.717) is 7.05 Å². The minimum Gasteiger partial charge on any atom is -0.478 e. The molecular formula is C10H12F2NO5P. The van der Waals surface area contributed by atoms with Crippen molar-refractivity contribution in [1.29, 1.82) is 0 Å². The van der Waals surface area contributed by atoms with Crippen LogP contribution in [0.15, 0.2) is 30.3 Å². The molecule has 0 heterocycles. The Balaban J connectivity index is 3.28. The average Bonchev–Trinajstić information content (AvgIpc) is 2.35. The molecule has 106 valence electrons. The van der Waals surface area contributed by atoms with E-state index < -0.39 is 30.4 Å². The lowest BCUT2D eigenvalue weighted by Crippen LogP contribution is -2.50. The molecule has 9 heteroatoms. The summed E-state index contributed by atoms with van der Waals surface area (Å²) in [4.78, 5) is 28.6. The zero-order chi connectivity index (χ0) is 14.8. The van der Waals surface area contributed by atoms with Crippen molar-refractivity contribution >= 4 is 13.7 Å². The van der Waals surface area contributed by atoms with Crippen LogP contribution >= 0.6 is 7.75 Å². The fourth-order valence-electron chi connectivity index (χ4n) is 1.44. The molecule has 19 heavy (non-hydrogen) atoms. The first-order valence-corrected chi connectivity index (χ1v) is 6.59. The number of aliphatic carboxylic acids is 1. The van der Waals surface area contributed by atoms with Crippen LogP contribution in [0.25, 0.3) is 0 Å². The van der Waals surface area contributed by atoms with E-state index in [2.05, 4.69) is 0 Å². The van der Waals surface area contributed by atoms with Gasteiger partial charge in [-0.25, -0.2) is 18.1 Å². The maximum atomic E-state index is 14.3. The number of carbonyl (C=O) groups is 1. The van der Waals surface area contributed by atoms with Crippen molar-refractivity contribution in [1.82, 2.24) is 4.67 Å². The van der Waals surface area contributed by atoms with E-state index in [1.165, 1.54) is 18.2 Å². The van der Waals surface area contributed by atoms with E-state index in [9.17, 15) is 18.1 Å². The van der Waals surface area contributed by atoms with Crippen LogP contribution in [0.1, 0.15) is 11.7 Å². The Kier molecular flexibility index (Phi) is 4.42. The van der Waals surface area contributed by atoms with Gasteiger partial charge in [-0.3, -0.25) is 0 Å². The zero-order valence-electron chi connectivity index (χ0n) is 9.77. The number of halogens is 2. The smallest absolute Gasteiger partial charge is 0.405 e. The van der Waals surface area contributed by atoms with Crippen molar-refractivity contribution < 1.29 is 33.0 Å². The van der Waals surface area contributed by atoms with Crippen molar-refractivity contribution in [2.45, 2.75) is 12.0 Å². The number of likely N-dealkylation sites (N-methyl/N-ethyl adjacent to an activating group) is 1. The predicted octanol–water partition coefficient (Wildman–Crippen LogP) is 1.47. The van der Waals surface area contributed by atoms with Crippen LogP contribution in [0.4, 0.5) is 8.78 Å². The summed E-state index contributed by atoms with van der Waals surface area (Å²) < 4.78 is 39.0. The van der Waals surface area contributed by atoms with Crippen LogP contribution in [-0.2, 0) is 9.36 Å². The van der Waals surface area contributed by atoms with Crippen LogP contribution in [0.2, 0.25) is 0 Å². The summed E-state index contributed by atoms with van der Waals surface area (Å²) in [5, 5.41) is 8.80. The lowest BCUT2D eigenvalue weighted by atomic mass is 10.0. The molecule has 6 nitrogen and oxygen atoms in total. The third-order valence-electron chi connectivity index (χ3n) is 2.59. The van der Waals surface area contributed by atoms with Crippen LogP contribution in [0.3, 0.4) is 0 Å². The summed E-state index contributed by atoms with van der Waals surface area (Å²) in [7, 11) is -4.76. The molecule has 0 fully saturated rings. The third-order valence-corrected chi connectivity index (χ3v) is 3.66. The number of carboxylic acid groups (broad SMARTS) is 1. The molecule has 3 N–H and O–H groups in total. The number of alkyl halides is 2. The highest BCUT2D eigenvalue weighted by atomic mass is 31.2. The molecule has 1 aromatic rings. The van der Waals surface area contributed by atoms with Gasteiger partial charge in [-0.1, -0.05) is 30.3 Å². The van der Waals surface area contributed by atoms with E-state index in [4.69, 9.17) is 14.9 Å². The highest BCUT2D eigenvalue weighted by Crippen LogP contribution is 2.49. The molecule has 0 aliphatic heterocycles. The second-order valence-electron chi connectivity index (χ2n) is 3.79. The number of rotatable bonds is 5. The first-order valence-electron chi connectivity index (χ1n) is 5.03. The standard InChI is InChI=1S/C10H12F2NO5P/c1-13(19(16,17)18)10(12,9(14)15)8(11)7-5-3-2-4-6-7/h2-6,8H,1H3,(H,14,15)(H2,16,17,18)/t8?,10-/m0/s1. The van der Waals surface area contributed by atoms with Gasteiger partial charge in [0.25, 0.3) is 0 Å². The molecule has 0 bridgehead atoms. The van der Waals surface area contributed by atoms with Crippen LogP contribution in [-0.4, -0.2) is 38.4 Å². The van der Waals surface area contributed by atoms with Gasteiger partial charge in [0.15, 0.2) is 6.17 Å². The van der Waals surface area contributed by atoms with Gasteiger partial charge in [-0.15, -0.1) is 0 Å². The molecule has 0 aliphatic carbocycles. The zero-order valence-corrected chi connectivity index (χ0v) is 10.7. The maximum Gasteiger partial charge on any atom is 0.405 e. The van der Waals surface area contributed by atoms with Gasteiger partial charge in [-0.2, -0.15) is 4.67 Å². The van der Waals surface area contributed by atoms with E-state index in [0.717, 1.165) is 12.1 Å². The Bertz CT molecular complexity index is 508. The number of hydrogen-bond donors (Lipinski definition) is 3. The molecule has 1 unspecified atom stereocenters. The van der Waals surface area contributed by atoms with Crippen molar-refractivity contribution in [3.05, 3.63) is 35.9 Å². The largest absolute Gasteiger partial charge is 0.478 e. The first-order chi connectivity index (χ1) is 8.61. The first kappa shape index (κ1) is 15.7. The second kappa shape index (κ2) is 5.34. The summed E-state index contributed by atoms with van der Waals surface area (Å²) in [5.41, 5.74) is -0.340. The Labute approximate surface area is 107 Å². The maximum absolute atomic E-state index is 14.3. The summed E-state index contributed by atoms with van der Waals surface area (Å²) in [6, 6.07) is 6.44. The van der Waals surface area contributed by atoms with Crippen LogP contribution in [0.5, 0.6) is 0 Å². The monoisotopic (exact) mass is 295 g/mol. The van der Waals surface area contributed by atoms with Crippen molar-refractivity contribution in [3.63, 3.8) is 0 Å². The highest BCUT2D eigenvalue weighted by Gasteiger charge is 2.57. The van der Waals surface area contributed by atoms with Gasteiger partial charge in [0.2, 0.25) is 0 Å². The minimum absolute atomic E-state index is 0.340. The molecule has 0 saturated carbocycles. The Morgan fingerprint density at radius 1 is 1.37 bits per heavy atom. The van der Waals surface area contributed by atoms with Gasteiger partial charge in [0.05, 0.1) is 0 Å². The van der Waals surface area contributed by atoms with Gasteiger partial charge in [-0.05, 0) is 5.56 Å². The molecule has 0 radical (unpaired) electrons. The fraction of sp³-hybridized carbons (Fsp3) is 0.300. The van der Waals surface area contributed by atoms with E-state index in [1.54, 1.807) is 0 Å². The predicted molar refractivity (Wildman–Crippen MR) is 61.6 cm³/mol. The van der Waals surface area contributed by atoms with Gasteiger partial charge >= 0.3 is 19.5 Å². The van der Waals surface area contributed by atoms with E-state index >= 15 is 0 Å². The fourth-order valence-corrected chi connectivity index (χ4v) is 2.01. The topological polar surface area (TPSA) is 98.1 Å². The van der Waals surface area contributed by atoms with Crippen molar-refractivity contribution in [2.24, 2.45) is 0 Å². The molecule has 0 amide bonds. The number of hydrogen-bond acceptors (Lipinski definition) is 2. The Hall–Kier alpha value is -1.34. The molecule has 0 aliphatic rings. The average molecular weight is 295 g/mol. The molecule has 2 atom stereocenters. The van der Waals surface area contributed by atoms with Gasteiger partial charge < -0.3 is 14.9 Å². The molecule has 0 spiro atoms. The quantitative estimate of drug-likeness (QED) is 0.562.